The molecule has 2 amide bonds. The van der Waals surface area contributed by atoms with Gasteiger partial charge in [0, 0.05) is 13.1 Å². The topological polar surface area (TPSA) is 70.1 Å². The second-order valence-electron chi connectivity index (χ2n) is 6.17. The van der Waals surface area contributed by atoms with Crippen molar-refractivity contribution >= 4 is 22.5 Å². The van der Waals surface area contributed by atoms with Crippen LogP contribution in [-0.2, 0) is 6.54 Å². The standard InChI is InChI=1S/C17H23N5OS/c1-13-20-21-17(24-13)19-16(23)18-11-14-7-9-22(10-8-14)12-15-5-3-2-4-6-15/h2-6,14H,7-12H2,1H3,(H2,18,19,21,23). The lowest BCUT2D eigenvalue weighted by atomic mass is 9.96. The predicted molar refractivity (Wildman–Crippen MR) is 96.1 cm³/mol. The maximum Gasteiger partial charge on any atom is 0.321 e. The highest BCUT2D eigenvalue weighted by atomic mass is 32.1. The minimum atomic E-state index is -0.196. The van der Waals surface area contributed by atoms with Gasteiger partial charge in [-0.2, -0.15) is 0 Å². The number of hydrogen-bond donors (Lipinski definition) is 2. The number of nitrogens with one attached hydrogen (secondary N) is 2. The molecule has 7 heteroatoms. The number of carbonyl (C=O) groups excluding carboxylic acids is 1. The lowest BCUT2D eigenvalue weighted by Gasteiger charge is -2.32. The van der Waals surface area contributed by atoms with Crippen LogP contribution in [0.25, 0.3) is 0 Å². The molecule has 128 valence electrons. The van der Waals surface area contributed by atoms with Crippen LogP contribution in [-0.4, -0.2) is 40.8 Å². The Morgan fingerprint density at radius 1 is 1.25 bits per heavy atom. The highest BCUT2D eigenvalue weighted by Gasteiger charge is 2.19. The number of rotatable bonds is 5. The number of benzene rings is 1. The summed E-state index contributed by atoms with van der Waals surface area (Å²) in [5.74, 6) is 0.541. The van der Waals surface area contributed by atoms with Gasteiger partial charge in [-0.15, -0.1) is 10.2 Å². The first-order valence-corrected chi connectivity index (χ1v) is 9.12. The second-order valence-corrected chi connectivity index (χ2v) is 7.35. The van der Waals surface area contributed by atoms with Gasteiger partial charge in [-0.1, -0.05) is 41.7 Å². The molecule has 1 fully saturated rings. The number of amides is 2. The number of likely N-dealkylation sites (tertiary alicyclic amines) is 1. The van der Waals surface area contributed by atoms with Crippen LogP contribution in [0.1, 0.15) is 23.4 Å². The summed E-state index contributed by atoms with van der Waals surface area (Å²) in [5, 5.41) is 14.8. The van der Waals surface area contributed by atoms with Gasteiger partial charge in [0.05, 0.1) is 0 Å². The lowest BCUT2D eigenvalue weighted by molar-refractivity contribution is 0.175. The minimum Gasteiger partial charge on any atom is -0.338 e. The van der Waals surface area contributed by atoms with Crippen LogP contribution in [0.4, 0.5) is 9.93 Å². The largest absolute Gasteiger partial charge is 0.338 e. The predicted octanol–water partition coefficient (Wildman–Crippen LogP) is 2.88. The molecule has 6 nitrogen and oxygen atoms in total. The third-order valence-corrected chi connectivity index (χ3v) is 5.01. The Bertz CT molecular complexity index is 652. The molecule has 2 N–H and O–H groups in total. The number of anilines is 1. The van der Waals surface area contributed by atoms with Crippen LogP contribution in [0.3, 0.4) is 0 Å². The van der Waals surface area contributed by atoms with E-state index < -0.39 is 0 Å². The molecule has 0 radical (unpaired) electrons. The normalized spacial score (nSPS) is 16.0. The number of hydrogen-bond acceptors (Lipinski definition) is 5. The van der Waals surface area contributed by atoms with Gasteiger partial charge in [0.1, 0.15) is 5.01 Å². The highest BCUT2D eigenvalue weighted by Crippen LogP contribution is 2.18. The van der Waals surface area contributed by atoms with Gasteiger partial charge in [0.2, 0.25) is 5.13 Å². The Kier molecular flexibility index (Phi) is 5.77. The van der Waals surface area contributed by atoms with E-state index in [0.29, 0.717) is 17.6 Å². The van der Waals surface area contributed by atoms with Crippen LogP contribution in [0.2, 0.25) is 0 Å². The van der Waals surface area contributed by atoms with E-state index in [-0.39, 0.29) is 6.03 Å². The molecule has 0 unspecified atom stereocenters. The summed E-state index contributed by atoms with van der Waals surface area (Å²) >= 11 is 1.38. The average molecular weight is 345 g/mol. The molecule has 1 aliphatic rings. The zero-order valence-corrected chi connectivity index (χ0v) is 14.7. The van der Waals surface area contributed by atoms with E-state index in [0.717, 1.165) is 37.5 Å². The van der Waals surface area contributed by atoms with Crippen molar-refractivity contribution in [1.82, 2.24) is 20.4 Å². The van der Waals surface area contributed by atoms with E-state index in [9.17, 15) is 4.79 Å². The van der Waals surface area contributed by atoms with Gasteiger partial charge in [-0.3, -0.25) is 10.2 Å². The quantitative estimate of drug-likeness (QED) is 0.874. The van der Waals surface area contributed by atoms with Gasteiger partial charge in [-0.05, 0) is 44.3 Å². The van der Waals surface area contributed by atoms with Crippen molar-refractivity contribution in [3.05, 3.63) is 40.9 Å². The molecule has 0 bridgehead atoms. The molecule has 1 saturated heterocycles. The fourth-order valence-corrected chi connectivity index (χ4v) is 3.50. The monoisotopic (exact) mass is 345 g/mol. The zero-order chi connectivity index (χ0) is 16.8. The molecule has 0 saturated carbocycles. The molecule has 0 aliphatic carbocycles. The zero-order valence-electron chi connectivity index (χ0n) is 13.9. The summed E-state index contributed by atoms with van der Waals surface area (Å²) < 4.78 is 0. The molecule has 1 aliphatic heterocycles. The smallest absolute Gasteiger partial charge is 0.321 e. The Balaban J connectivity index is 1.35. The Morgan fingerprint density at radius 2 is 2.00 bits per heavy atom. The van der Waals surface area contributed by atoms with Crippen LogP contribution < -0.4 is 10.6 Å². The first kappa shape index (κ1) is 16.9. The van der Waals surface area contributed by atoms with Crippen molar-refractivity contribution in [1.29, 1.82) is 0 Å². The van der Waals surface area contributed by atoms with Gasteiger partial charge in [0.25, 0.3) is 0 Å². The maximum absolute atomic E-state index is 11.9. The number of carbonyl (C=O) groups is 1. The summed E-state index contributed by atoms with van der Waals surface area (Å²) in [6.45, 7) is 5.75. The van der Waals surface area contributed by atoms with Crippen molar-refractivity contribution in [3.63, 3.8) is 0 Å². The van der Waals surface area contributed by atoms with Crippen LogP contribution in [0.5, 0.6) is 0 Å². The molecule has 0 atom stereocenters. The molecule has 1 aromatic heterocycles. The molecule has 2 heterocycles. The van der Waals surface area contributed by atoms with Crippen molar-refractivity contribution in [3.8, 4) is 0 Å². The van der Waals surface area contributed by atoms with E-state index in [1.165, 1.54) is 16.9 Å². The SMILES string of the molecule is Cc1nnc(NC(=O)NCC2CCN(Cc3ccccc3)CC2)s1. The van der Waals surface area contributed by atoms with Gasteiger partial charge in [-0.25, -0.2) is 4.79 Å². The summed E-state index contributed by atoms with van der Waals surface area (Å²) in [5.41, 5.74) is 1.36. The van der Waals surface area contributed by atoms with Crippen molar-refractivity contribution in [2.24, 2.45) is 5.92 Å². The fourth-order valence-electron chi connectivity index (χ4n) is 2.92. The Labute approximate surface area is 146 Å². The molecule has 1 aromatic carbocycles. The molecular weight excluding hydrogens is 322 g/mol. The number of urea groups is 1. The average Bonchev–Trinajstić information content (AvgIpc) is 3.00. The Morgan fingerprint density at radius 3 is 2.67 bits per heavy atom. The van der Waals surface area contributed by atoms with Crippen LogP contribution in [0.15, 0.2) is 30.3 Å². The van der Waals surface area contributed by atoms with Gasteiger partial charge in [0.15, 0.2) is 0 Å². The fraction of sp³-hybridized carbons (Fsp3) is 0.471. The molecule has 24 heavy (non-hydrogen) atoms. The van der Waals surface area contributed by atoms with Crippen molar-refractivity contribution in [2.45, 2.75) is 26.3 Å². The third-order valence-electron chi connectivity index (χ3n) is 4.25. The van der Waals surface area contributed by atoms with E-state index >= 15 is 0 Å². The first-order chi connectivity index (χ1) is 11.7. The Hall–Kier alpha value is -1.99. The summed E-state index contributed by atoms with van der Waals surface area (Å²) in [7, 11) is 0. The molecule has 0 spiro atoms. The summed E-state index contributed by atoms with van der Waals surface area (Å²) in [4.78, 5) is 14.4. The maximum atomic E-state index is 11.9. The van der Waals surface area contributed by atoms with Gasteiger partial charge < -0.3 is 5.32 Å². The molecule has 2 aromatic rings. The minimum absolute atomic E-state index is 0.196. The highest BCUT2D eigenvalue weighted by molar-refractivity contribution is 7.15. The number of piperidine rings is 1. The van der Waals surface area contributed by atoms with Crippen molar-refractivity contribution < 1.29 is 4.79 Å². The van der Waals surface area contributed by atoms with Gasteiger partial charge >= 0.3 is 6.03 Å². The number of aromatic nitrogens is 2. The number of aryl methyl sites for hydroxylation is 1. The summed E-state index contributed by atoms with van der Waals surface area (Å²) in [6.07, 6.45) is 2.23. The van der Waals surface area contributed by atoms with Crippen LogP contribution >= 0.6 is 11.3 Å². The second kappa shape index (κ2) is 8.21. The summed E-state index contributed by atoms with van der Waals surface area (Å²) in [6, 6.07) is 10.4. The third kappa shape index (κ3) is 5.01. The van der Waals surface area contributed by atoms with Crippen molar-refractivity contribution in [2.75, 3.05) is 25.0 Å². The molecular formula is C17H23N5OS. The van der Waals surface area contributed by atoms with E-state index in [2.05, 4.69) is 56.1 Å². The van der Waals surface area contributed by atoms with Crippen LogP contribution in [0, 0.1) is 12.8 Å². The van der Waals surface area contributed by atoms with E-state index in [1.54, 1.807) is 0 Å². The lowest BCUT2D eigenvalue weighted by Crippen LogP contribution is -2.39. The number of nitrogens with zero attached hydrogens (tertiary/aromatic N) is 3. The van der Waals surface area contributed by atoms with E-state index in [1.807, 2.05) is 6.92 Å². The molecule has 3 rings (SSSR count). The van der Waals surface area contributed by atoms with E-state index in [4.69, 9.17) is 0 Å². The first-order valence-electron chi connectivity index (χ1n) is 8.30.